The average Bonchev–Trinajstić information content (AvgIpc) is 3.13. The Balaban J connectivity index is 1.35. The van der Waals surface area contributed by atoms with Crippen molar-refractivity contribution in [2.75, 3.05) is 5.32 Å². The summed E-state index contributed by atoms with van der Waals surface area (Å²) in [7, 11) is 0. The number of carbonyl (C=O) groups excluding carboxylic acids is 3. The van der Waals surface area contributed by atoms with E-state index in [1.165, 1.54) is 6.08 Å². The highest BCUT2D eigenvalue weighted by Gasteiger charge is 2.17. The Morgan fingerprint density at radius 1 is 1.17 bits per heavy atom. The molecule has 3 N–H and O–H groups in total. The van der Waals surface area contributed by atoms with Crippen molar-refractivity contribution in [2.45, 2.75) is 59.2 Å². The van der Waals surface area contributed by atoms with Gasteiger partial charge in [0.25, 0.3) is 0 Å². The molecule has 3 heterocycles. The number of amides is 3. The predicted molar refractivity (Wildman–Crippen MR) is 136 cm³/mol. The van der Waals surface area contributed by atoms with Crippen LogP contribution in [0.4, 0.5) is 10.6 Å². The van der Waals surface area contributed by atoms with E-state index >= 15 is 0 Å². The van der Waals surface area contributed by atoms with Gasteiger partial charge in [-0.15, -0.1) is 0 Å². The van der Waals surface area contributed by atoms with Crippen molar-refractivity contribution < 1.29 is 23.5 Å². The number of nitrogens with one attached hydrogen (secondary N) is 3. The highest BCUT2D eigenvalue weighted by molar-refractivity contribution is 5.94. The van der Waals surface area contributed by atoms with Crippen molar-refractivity contribution in [3.8, 4) is 0 Å². The molecule has 0 atom stereocenters. The second kappa shape index (κ2) is 10.2. The van der Waals surface area contributed by atoms with Crippen molar-refractivity contribution in [3.05, 3.63) is 64.6 Å². The third kappa shape index (κ3) is 6.29. The molecule has 1 aliphatic rings. The maximum atomic E-state index is 12.4. The van der Waals surface area contributed by atoms with E-state index in [9.17, 15) is 14.4 Å². The SMILES string of the molecule is Cc1c(CNC(=O)/C=C/c2cnc3c(c2)CCC(=O)N3)oc2ccc(CNC(=O)OC(C)(C)C)cc12. The number of furan rings is 1. The second-order valence-corrected chi connectivity index (χ2v) is 9.71. The van der Waals surface area contributed by atoms with Gasteiger partial charge in [0.05, 0.1) is 6.54 Å². The molecule has 36 heavy (non-hydrogen) atoms. The van der Waals surface area contributed by atoms with E-state index in [-0.39, 0.29) is 18.4 Å². The maximum Gasteiger partial charge on any atom is 0.407 e. The van der Waals surface area contributed by atoms with Crippen LogP contribution in [0, 0.1) is 6.92 Å². The summed E-state index contributed by atoms with van der Waals surface area (Å²) in [5.41, 5.74) is 3.73. The van der Waals surface area contributed by atoms with Crippen LogP contribution in [0.25, 0.3) is 17.0 Å². The number of hydrogen-bond acceptors (Lipinski definition) is 6. The van der Waals surface area contributed by atoms with Gasteiger partial charge in [0.1, 0.15) is 22.8 Å². The van der Waals surface area contributed by atoms with E-state index in [4.69, 9.17) is 9.15 Å². The Morgan fingerprint density at radius 3 is 2.75 bits per heavy atom. The molecule has 3 amide bonds. The quantitative estimate of drug-likeness (QED) is 0.441. The first-order valence-electron chi connectivity index (χ1n) is 11.8. The Labute approximate surface area is 209 Å². The number of hydrogen-bond donors (Lipinski definition) is 3. The number of fused-ring (bicyclic) bond motifs is 2. The van der Waals surface area contributed by atoms with Crippen molar-refractivity contribution in [2.24, 2.45) is 0 Å². The highest BCUT2D eigenvalue weighted by atomic mass is 16.6. The molecule has 2 aromatic heterocycles. The van der Waals surface area contributed by atoms with Gasteiger partial charge in [-0.3, -0.25) is 9.59 Å². The molecule has 1 aliphatic heterocycles. The highest BCUT2D eigenvalue weighted by Crippen LogP contribution is 2.26. The van der Waals surface area contributed by atoms with Crippen LogP contribution in [-0.4, -0.2) is 28.5 Å². The minimum absolute atomic E-state index is 0.0350. The molecule has 3 aromatic rings. The molecule has 0 saturated heterocycles. The molecule has 4 rings (SSSR count). The fourth-order valence-corrected chi connectivity index (χ4v) is 3.85. The van der Waals surface area contributed by atoms with Crippen molar-refractivity contribution in [3.63, 3.8) is 0 Å². The third-order valence-corrected chi connectivity index (χ3v) is 5.65. The van der Waals surface area contributed by atoms with Crippen LogP contribution in [0.5, 0.6) is 0 Å². The molecule has 0 saturated carbocycles. The van der Waals surface area contributed by atoms with Gasteiger partial charge in [-0.2, -0.15) is 0 Å². The summed E-state index contributed by atoms with van der Waals surface area (Å²) < 4.78 is 11.2. The van der Waals surface area contributed by atoms with Gasteiger partial charge in [-0.25, -0.2) is 9.78 Å². The molecule has 9 nitrogen and oxygen atoms in total. The number of aryl methyl sites for hydroxylation is 2. The fourth-order valence-electron chi connectivity index (χ4n) is 3.85. The monoisotopic (exact) mass is 490 g/mol. The number of alkyl carbamates (subject to hydrolysis) is 1. The normalized spacial score (nSPS) is 13.4. The van der Waals surface area contributed by atoms with Gasteiger partial charge in [-0.1, -0.05) is 6.07 Å². The molecular weight excluding hydrogens is 460 g/mol. The van der Waals surface area contributed by atoms with Gasteiger partial charge in [0, 0.05) is 36.2 Å². The summed E-state index contributed by atoms with van der Waals surface area (Å²) >= 11 is 0. The van der Waals surface area contributed by atoms with Gasteiger partial charge in [0.15, 0.2) is 0 Å². The van der Waals surface area contributed by atoms with Crippen molar-refractivity contribution in [1.29, 1.82) is 0 Å². The zero-order valence-electron chi connectivity index (χ0n) is 20.9. The Bertz CT molecular complexity index is 1350. The van der Waals surface area contributed by atoms with E-state index in [1.54, 1.807) is 12.3 Å². The second-order valence-electron chi connectivity index (χ2n) is 9.71. The standard InChI is InChI=1S/C27H30N4O5/c1-16-20-12-18(14-30-26(34)36-27(2,3)4)5-8-21(20)35-22(16)15-28-23(32)9-6-17-11-19-7-10-24(33)31-25(19)29-13-17/h5-6,8-9,11-13H,7,10,14-15H2,1-4H3,(H,28,32)(H,30,34)(H,29,31,33)/b9-6+. The Kier molecular flexibility index (Phi) is 7.10. The summed E-state index contributed by atoms with van der Waals surface area (Å²) in [5.74, 6) is 0.947. The summed E-state index contributed by atoms with van der Waals surface area (Å²) in [6.45, 7) is 7.95. The summed E-state index contributed by atoms with van der Waals surface area (Å²) in [4.78, 5) is 40.0. The summed E-state index contributed by atoms with van der Waals surface area (Å²) in [5, 5.41) is 9.26. The lowest BCUT2D eigenvalue weighted by Gasteiger charge is -2.19. The molecule has 0 spiro atoms. The number of aromatic nitrogens is 1. The predicted octanol–water partition coefficient (Wildman–Crippen LogP) is 4.38. The van der Waals surface area contributed by atoms with Crippen LogP contribution < -0.4 is 16.0 Å². The first-order chi connectivity index (χ1) is 17.1. The molecule has 0 unspecified atom stereocenters. The smallest absolute Gasteiger partial charge is 0.407 e. The van der Waals surface area contributed by atoms with E-state index < -0.39 is 11.7 Å². The number of rotatable bonds is 6. The summed E-state index contributed by atoms with van der Waals surface area (Å²) in [6.07, 6.45) is 5.35. The van der Waals surface area contributed by atoms with E-state index in [1.807, 2.05) is 52.0 Å². The van der Waals surface area contributed by atoms with Crippen LogP contribution in [0.3, 0.4) is 0 Å². The minimum Gasteiger partial charge on any atom is -0.459 e. The summed E-state index contributed by atoms with van der Waals surface area (Å²) in [6, 6.07) is 7.61. The van der Waals surface area contributed by atoms with Crippen LogP contribution >= 0.6 is 0 Å². The molecule has 9 heteroatoms. The Morgan fingerprint density at radius 2 is 1.97 bits per heavy atom. The van der Waals surface area contributed by atoms with Crippen LogP contribution in [0.15, 0.2) is 41.0 Å². The maximum absolute atomic E-state index is 12.4. The molecule has 0 bridgehead atoms. The zero-order chi connectivity index (χ0) is 25.9. The largest absolute Gasteiger partial charge is 0.459 e. The van der Waals surface area contributed by atoms with Gasteiger partial charge in [0.2, 0.25) is 11.8 Å². The number of benzene rings is 1. The van der Waals surface area contributed by atoms with Crippen molar-refractivity contribution >= 4 is 40.8 Å². The Hall–Kier alpha value is -4.14. The average molecular weight is 491 g/mol. The lowest BCUT2D eigenvalue weighted by molar-refractivity contribution is -0.117. The molecule has 0 radical (unpaired) electrons. The van der Waals surface area contributed by atoms with Crippen LogP contribution in [-0.2, 0) is 33.8 Å². The van der Waals surface area contributed by atoms with Crippen LogP contribution in [0.2, 0.25) is 0 Å². The number of ether oxygens (including phenoxy) is 1. The van der Waals surface area contributed by atoms with E-state index in [2.05, 4.69) is 20.9 Å². The topological polar surface area (TPSA) is 123 Å². The molecular formula is C27H30N4O5. The van der Waals surface area contributed by atoms with Gasteiger partial charge in [-0.05, 0) is 75.1 Å². The molecule has 1 aromatic carbocycles. The zero-order valence-corrected chi connectivity index (χ0v) is 20.9. The lowest BCUT2D eigenvalue weighted by atomic mass is 10.0. The van der Waals surface area contributed by atoms with E-state index in [0.29, 0.717) is 36.5 Å². The van der Waals surface area contributed by atoms with Crippen molar-refractivity contribution in [1.82, 2.24) is 15.6 Å². The van der Waals surface area contributed by atoms with Gasteiger partial charge >= 0.3 is 6.09 Å². The van der Waals surface area contributed by atoms with Gasteiger partial charge < -0.3 is 25.1 Å². The molecule has 0 fully saturated rings. The van der Waals surface area contributed by atoms with Crippen LogP contribution in [0.1, 0.15) is 55.2 Å². The minimum atomic E-state index is -0.555. The third-order valence-electron chi connectivity index (χ3n) is 5.65. The van der Waals surface area contributed by atoms with E-state index in [0.717, 1.165) is 27.6 Å². The number of pyridine rings is 1. The molecule has 188 valence electrons. The first-order valence-corrected chi connectivity index (χ1v) is 11.8. The lowest BCUT2D eigenvalue weighted by Crippen LogP contribution is -2.32. The molecule has 0 aliphatic carbocycles. The first kappa shape index (κ1) is 25.0. The number of carbonyl (C=O) groups is 3. The number of anilines is 1. The number of nitrogens with zero attached hydrogens (tertiary/aromatic N) is 1. The fraction of sp³-hybridized carbons (Fsp3) is 0.333.